The summed E-state index contributed by atoms with van der Waals surface area (Å²) < 4.78 is 0. The molecule has 0 amide bonds. The smallest absolute Gasteiger partial charge is 0.0571 e. The molecule has 2 aliphatic rings. The molecule has 2 aliphatic carbocycles. The minimum Gasteiger partial charge on any atom is -0.393 e. The molecular formula is C9H16O. The maximum absolute atomic E-state index is 9.58. The average Bonchev–Trinajstić information content (AvgIpc) is 2.71. The van der Waals surface area contributed by atoms with Gasteiger partial charge in [-0.15, -0.1) is 0 Å². The fraction of sp³-hybridized carbons (Fsp3) is 1.00. The van der Waals surface area contributed by atoms with Crippen molar-refractivity contribution in [2.24, 2.45) is 11.8 Å². The van der Waals surface area contributed by atoms with Gasteiger partial charge in [-0.2, -0.15) is 0 Å². The molecule has 1 heteroatoms. The zero-order chi connectivity index (χ0) is 6.97. The molecule has 2 atom stereocenters. The number of hydrogen-bond acceptors (Lipinski definition) is 1. The molecule has 0 spiro atoms. The number of hydrogen-bond donors (Lipinski definition) is 1. The van der Waals surface area contributed by atoms with Gasteiger partial charge >= 0.3 is 0 Å². The third kappa shape index (κ3) is 1.20. The van der Waals surface area contributed by atoms with E-state index in [0.717, 1.165) is 12.3 Å². The first kappa shape index (κ1) is 6.66. The van der Waals surface area contributed by atoms with E-state index in [4.69, 9.17) is 0 Å². The van der Waals surface area contributed by atoms with Gasteiger partial charge in [0.25, 0.3) is 0 Å². The summed E-state index contributed by atoms with van der Waals surface area (Å²) >= 11 is 0. The zero-order valence-corrected chi connectivity index (χ0v) is 6.42. The quantitative estimate of drug-likeness (QED) is 0.590. The van der Waals surface area contributed by atoms with Gasteiger partial charge in [0, 0.05) is 0 Å². The second-order valence-electron chi connectivity index (χ2n) is 3.85. The van der Waals surface area contributed by atoms with Gasteiger partial charge in [0.1, 0.15) is 0 Å². The van der Waals surface area contributed by atoms with Crippen molar-refractivity contribution in [3.63, 3.8) is 0 Å². The first-order valence-corrected chi connectivity index (χ1v) is 4.56. The third-order valence-electron chi connectivity index (χ3n) is 3.01. The number of aliphatic hydroxyl groups excluding tert-OH is 1. The molecule has 0 saturated heterocycles. The van der Waals surface area contributed by atoms with E-state index in [9.17, 15) is 5.11 Å². The summed E-state index contributed by atoms with van der Waals surface area (Å²) in [5, 5.41) is 9.58. The zero-order valence-electron chi connectivity index (χ0n) is 6.42. The van der Waals surface area contributed by atoms with Crippen LogP contribution in [0, 0.1) is 11.8 Å². The van der Waals surface area contributed by atoms with Crippen LogP contribution in [-0.2, 0) is 0 Å². The maximum atomic E-state index is 9.58. The van der Waals surface area contributed by atoms with E-state index in [1.54, 1.807) is 0 Å². The molecule has 2 fully saturated rings. The lowest BCUT2D eigenvalue weighted by Crippen LogP contribution is -2.25. The van der Waals surface area contributed by atoms with E-state index in [0.29, 0.717) is 5.92 Å². The van der Waals surface area contributed by atoms with Crippen LogP contribution in [0.2, 0.25) is 0 Å². The lowest BCUT2D eigenvalue weighted by molar-refractivity contribution is 0.0584. The molecule has 0 aliphatic heterocycles. The van der Waals surface area contributed by atoms with Crippen LogP contribution in [0.25, 0.3) is 0 Å². The van der Waals surface area contributed by atoms with Crippen molar-refractivity contribution < 1.29 is 5.11 Å². The molecule has 0 radical (unpaired) electrons. The van der Waals surface area contributed by atoms with E-state index in [2.05, 4.69) is 0 Å². The van der Waals surface area contributed by atoms with Gasteiger partial charge < -0.3 is 5.11 Å². The Balaban J connectivity index is 1.90. The molecule has 1 nitrogen and oxygen atoms in total. The topological polar surface area (TPSA) is 20.2 Å². The van der Waals surface area contributed by atoms with Crippen molar-refractivity contribution in [1.82, 2.24) is 0 Å². The predicted molar refractivity (Wildman–Crippen MR) is 40.7 cm³/mol. The average molecular weight is 140 g/mol. The van der Waals surface area contributed by atoms with E-state index in [1.165, 1.54) is 32.1 Å². The molecule has 10 heavy (non-hydrogen) atoms. The molecule has 0 unspecified atom stereocenters. The van der Waals surface area contributed by atoms with Crippen LogP contribution >= 0.6 is 0 Å². The van der Waals surface area contributed by atoms with Crippen molar-refractivity contribution in [3.05, 3.63) is 0 Å². The summed E-state index contributed by atoms with van der Waals surface area (Å²) in [6, 6.07) is 0. The molecule has 2 saturated carbocycles. The Kier molecular flexibility index (Phi) is 1.69. The molecule has 58 valence electrons. The highest BCUT2D eigenvalue weighted by molar-refractivity contribution is 4.87. The molecule has 0 aromatic carbocycles. The highest BCUT2D eigenvalue weighted by Crippen LogP contribution is 2.43. The Bertz CT molecular complexity index is 118. The van der Waals surface area contributed by atoms with Gasteiger partial charge in [0.05, 0.1) is 6.10 Å². The second kappa shape index (κ2) is 2.54. The van der Waals surface area contributed by atoms with Gasteiger partial charge in [-0.05, 0) is 37.5 Å². The summed E-state index contributed by atoms with van der Waals surface area (Å²) in [5.74, 6) is 1.60. The Morgan fingerprint density at radius 2 is 1.60 bits per heavy atom. The fourth-order valence-electron chi connectivity index (χ4n) is 2.21. The molecule has 0 aromatic rings. The largest absolute Gasteiger partial charge is 0.393 e. The highest BCUT2D eigenvalue weighted by Gasteiger charge is 2.36. The van der Waals surface area contributed by atoms with Crippen LogP contribution in [0.5, 0.6) is 0 Å². The lowest BCUT2D eigenvalue weighted by Gasteiger charge is -2.27. The van der Waals surface area contributed by atoms with Crippen molar-refractivity contribution in [2.75, 3.05) is 0 Å². The highest BCUT2D eigenvalue weighted by atomic mass is 16.3. The van der Waals surface area contributed by atoms with Crippen LogP contribution in [0.4, 0.5) is 0 Å². The van der Waals surface area contributed by atoms with E-state index in [1.807, 2.05) is 0 Å². The Morgan fingerprint density at radius 1 is 0.900 bits per heavy atom. The van der Waals surface area contributed by atoms with Gasteiger partial charge in [0.2, 0.25) is 0 Å². The third-order valence-corrected chi connectivity index (χ3v) is 3.01. The first-order chi connectivity index (χ1) is 4.88. The lowest BCUT2D eigenvalue weighted by atomic mass is 9.83. The molecule has 0 bridgehead atoms. The molecular weight excluding hydrogens is 124 g/mol. The van der Waals surface area contributed by atoms with E-state index < -0.39 is 0 Å². The fourth-order valence-corrected chi connectivity index (χ4v) is 2.21. The summed E-state index contributed by atoms with van der Waals surface area (Å²) in [6.45, 7) is 0. The van der Waals surface area contributed by atoms with E-state index >= 15 is 0 Å². The Hall–Kier alpha value is -0.0400. The minimum atomic E-state index is 0.0567. The first-order valence-electron chi connectivity index (χ1n) is 4.56. The standard InChI is InChI=1S/C9H16O/c10-9-4-2-1-3-8(9)7-5-6-7/h7-10H,1-6H2/t8-,9+/m0/s1. The van der Waals surface area contributed by atoms with E-state index in [-0.39, 0.29) is 6.10 Å². The van der Waals surface area contributed by atoms with Crippen molar-refractivity contribution in [1.29, 1.82) is 0 Å². The van der Waals surface area contributed by atoms with Crippen LogP contribution in [0.15, 0.2) is 0 Å². The van der Waals surface area contributed by atoms with Crippen LogP contribution < -0.4 is 0 Å². The molecule has 2 rings (SSSR count). The molecule has 0 aromatic heterocycles. The maximum Gasteiger partial charge on any atom is 0.0571 e. The van der Waals surface area contributed by atoms with Crippen molar-refractivity contribution in [2.45, 2.75) is 44.6 Å². The van der Waals surface area contributed by atoms with Crippen LogP contribution in [-0.4, -0.2) is 11.2 Å². The van der Waals surface area contributed by atoms with Crippen molar-refractivity contribution >= 4 is 0 Å². The minimum absolute atomic E-state index is 0.0567. The summed E-state index contributed by atoms with van der Waals surface area (Å²) in [6.07, 6.45) is 7.82. The predicted octanol–water partition coefficient (Wildman–Crippen LogP) is 1.95. The van der Waals surface area contributed by atoms with Gasteiger partial charge in [-0.3, -0.25) is 0 Å². The number of rotatable bonds is 1. The van der Waals surface area contributed by atoms with Gasteiger partial charge in [-0.1, -0.05) is 12.8 Å². The Labute approximate surface area is 62.4 Å². The summed E-state index contributed by atoms with van der Waals surface area (Å²) in [5.41, 5.74) is 0. The van der Waals surface area contributed by atoms with Crippen molar-refractivity contribution in [3.8, 4) is 0 Å². The van der Waals surface area contributed by atoms with Gasteiger partial charge in [-0.25, -0.2) is 0 Å². The van der Waals surface area contributed by atoms with Crippen LogP contribution in [0.1, 0.15) is 38.5 Å². The number of aliphatic hydroxyl groups is 1. The summed E-state index contributed by atoms with van der Waals surface area (Å²) in [7, 11) is 0. The normalized spacial score (nSPS) is 41.7. The monoisotopic (exact) mass is 140 g/mol. The summed E-state index contributed by atoms with van der Waals surface area (Å²) in [4.78, 5) is 0. The van der Waals surface area contributed by atoms with Crippen LogP contribution in [0.3, 0.4) is 0 Å². The van der Waals surface area contributed by atoms with Gasteiger partial charge in [0.15, 0.2) is 0 Å². The Morgan fingerprint density at radius 3 is 2.20 bits per heavy atom. The second-order valence-corrected chi connectivity index (χ2v) is 3.85. The SMILES string of the molecule is O[C@@H]1CCCC[C@H]1C1CC1. The molecule has 1 N–H and O–H groups in total. The molecule has 0 heterocycles.